The number of morpholine rings is 1. The molecule has 0 unspecified atom stereocenters. The zero-order valence-corrected chi connectivity index (χ0v) is 25.8. The molecule has 232 valence electrons. The van der Waals surface area contributed by atoms with Crippen LogP contribution in [-0.2, 0) is 19.3 Å². The highest BCUT2D eigenvalue weighted by Gasteiger charge is 2.58. The predicted octanol–water partition coefficient (Wildman–Crippen LogP) is 5.19. The summed E-state index contributed by atoms with van der Waals surface area (Å²) in [5.41, 5.74) is 6.94. The monoisotopic (exact) mass is 647 g/mol. The van der Waals surface area contributed by atoms with Crippen LogP contribution in [0.3, 0.4) is 0 Å². The third kappa shape index (κ3) is 6.08. The van der Waals surface area contributed by atoms with Crippen LogP contribution in [0.5, 0.6) is 5.75 Å². The zero-order valence-electron chi connectivity index (χ0n) is 24.3. The van der Waals surface area contributed by atoms with E-state index in [1.807, 2.05) is 13.0 Å². The first kappa shape index (κ1) is 30.5. The molecule has 6 rings (SSSR count). The number of ether oxygens (including phenoxy) is 2. The molecule has 1 saturated heterocycles. The average molecular weight is 648 g/mol. The van der Waals surface area contributed by atoms with E-state index in [9.17, 15) is 18.0 Å². The molecular weight excluding hydrogens is 618 g/mol. The van der Waals surface area contributed by atoms with Crippen molar-refractivity contribution in [1.29, 1.82) is 0 Å². The number of primary amides is 1. The van der Waals surface area contributed by atoms with Gasteiger partial charge in [-0.1, -0.05) is 29.8 Å². The van der Waals surface area contributed by atoms with Gasteiger partial charge in [0.1, 0.15) is 16.3 Å². The second-order valence-corrected chi connectivity index (χ2v) is 13.6. The van der Waals surface area contributed by atoms with Gasteiger partial charge in [-0.05, 0) is 74.4 Å². The van der Waals surface area contributed by atoms with Crippen molar-refractivity contribution in [2.75, 3.05) is 30.0 Å². The van der Waals surface area contributed by atoms with Crippen molar-refractivity contribution in [2.24, 2.45) is 5.73 Å². The van der Waals surface area contributed by atoms with E-state index in [-0.39, 0.29) is 21.5 Å². The van der Waals surface area contributed by atoms with Crippen LogP contribution in [0.25, 0.3) is 11.4 Å². The van der Waals surface area contributed by atoms with E-state index in [1.165, 1.54) is 18.2 Å². The highest BCUT2D eigenvalue weighted by Crippen LogP contribution is 2.56. The molecule has 2 aliphatic rings. The van der Waals surface area contributed by atoms with Crippen LogP contribution in [0.4, 0.5) is 16.3 Å². The van der Waals surface area contributed by atoms with Crippen molar-refractivity contribution in [3.8, 4) is 17.1 Å². The molecule has 0 spiro atoms. The molecule has 2 heterocycles. The zero-order chi connectivity index (χ0) is 31.8. The summed E-state index contributed by atoms with van der Waals surface area (Å²) in [6.45, 7) is 3.59. The van der Waals surface area contributed by atoms with Gasteiger partial charge in [0, 0.05) is 29.4 Å². The molecule has 0 bridgehead atoms. The average Bonchev–Trinajstić information content (AvgIpc) is 3.85. The van der Waals surface area contributed by atoms with Crippen LogP contribution in [0.1, 0.15) is 35.8 Å². The molecule has 4 aromatic rings. The lowest BCUT2D eigenvalue weighted by molar-refractivity contribution is 0.0985. The van der Waals surface area contributed by atoms with Crippen LogP contribution in [0.2, 0.25) is 5.02 Å². The minimum Gasteiger partial charge on any atom is -0.410 e. The van der Waals surface area contributed by atoms with E-state index in [2.05, 4.69) is 10.2 Å². The molecule has 1 aliphatic heterocycles. The van der Waals surface area contributed by atoms with E-state index in [0.29, 0.717) is 66.9 Å². The SMILES string of the molecule is C[C@H]1COCCN1c1cc(C2(S(=O)(=O)c3ccc(C(N)=O)cc3Cl)CC2)nc(-c2ccc(NC(=O)Oc3ccccc3)cc2)n1. The number of para-hydroxylation sites is 1. The number of halogens is 1. The van der Waals surface area contributed by atoms with E-state index >= 15 is 0 Å². The molecular formula is C32H30ClN5O6S. The number of benzene rings is 3. The highest BCUT2D eigenvalue weighted by atomic mass is 35.5. The quantitative estimate of drug-likeness (QED) is 0.263. The standard InChI is InChI=1S/C32H30ClN5O6S/c1-20-19-43-16-15-38(20)28-18-27(32(13-14-32)45(41,42)26-12-9-22(29(34)39)17-25(26)33)36-30(37-28)21-7-10-23(11-8-21)35-31(40)44-24-5-3-2-4-6-24/h2-12,17-18,20H,13-16,19H2,1H3,(H2,34,39)(H,35,40)/t20-/m0/s1. The molecule has 0 radical (unpaired) electrons. The Bertz CT molecular complexity index is 1870. The Labute approximate surface area is 265 Å². The summed E-state index contributed by atoms with van der Waals surface area (Å²) in [7, 11) is -4.04. The van der Waals surface area contributed by atoms with Crippen LogP contribution in [0, 0.1) is 0 Å². The van der Waals surface area contributed by atoms with Gasteiger partial charge >= 0.3 is 6.09 Å². The number of amides is 2. The minimum atomic E-state index is -4.04. The maximum Gasteiger partial charge on any atom is 0.417 e. The molecule has 3 N–H and O–H groups in total. The number of hydrogen-bond donors (Lipinski definition) is 2. The van der Waals surface area contributed by atoms with Crippen LogP contribution < -0.4 is 20.7 Å². The maximum absolute atomic E-state index is 14.2. The van der Waals surface area contributed by atoms with Crippen LogP contribution >= 0.6 is 11.6 Å². The molecule has 2 fully saturated rings. The largest absolute Gasteiger partial charge is 0.417 e. The van der Waals surface area contributed by atoms with Gasteiger partial charge in [-0.15, -0.1) is 0 Å². The fourth-order valence-corrected chi connectivity index (χ4v) is 7.80. The fraction of sp³-hybridized carbons (Fsp3) is 0.250. The molecule has 1 aliphatic carbocycles. The third-order valence-electron chi connectivity index (χ3n) is 7.91. The lowest BCUT2D eigenvalue weighted by atomic mass is 10.1. The maximum atomic E-state index is 14.2. The topological polar surface area (TPSA) is 154 Å². The summed E-state index contributed by atoms with van der Waals surface area (Å²) in [5, 5.41) is 2.61. The molecule has 2 amide bonds. The molecule has 11 nitrogen and oxygen atoms in total. The second-order valence-electron chi connectivity index (χ2n) is 11.0. The van der Waals surface area contributed by atoms with Crippen molar-refractivity contribution in [3.05, 3.63) is 95.1 Å². The van der Waals surface area contributed by atoms with Crippen molar-refractivity contribution in [3.63, 3.8) is 0 Å². The summed E-state index contributed by atoms with van der Waals surface area (Å²) in [6, 6.07) is 21.3. The first-order valence-corrected chi connectivity index (χ1v) is 16.2. The van der Waals surface area contributed by atoms with Gasteiger partial charge in [-0.25, -0.2) is 23.2 Å². The van der Waals surface area contributed by atoms with Gasteiger partial charge < -0.3 is 20.1 Å². The van der Waals surface area contributed by atoms with Gasteiger partial charge in [-0.2, -0.15) is 0 Å². The Hall–Kier alpha value is -4.52. The van der Waals surface area contributed by atoms with Crippen LogP contribution in [0.15, 0.2) is 83.8 Å². The summed E-state index contributed by atoms with van der Waals surface area (Å²) in [5.74, 6) is 0.615. The van der Waals surface area contributed by atoms with Gasteiger partial charge in [0.15, 0.2) is 15.7 Å². The molecule has 1 atom stereocenters. The molecule has 1 aromatic heterocycles. The number of carbonyl (C=O) groups excluding carboxylic acids is 2. The fourth-order valence-electron chi connectivity index (χ4n) is 5.31. The molecule has 3 aromatic carbocycles. The number of nitrogens with one attached hydrogen (secondary N) is 1. The Balaban J connectivity index is 1.35. The molecule has 13 heteroatoms. The Morgan fingerprint density at radius 3 is 2.42 bits per heavy atom. The number of rotatable bonds is 8. The van der Waals surface area contributed by atoms with Crippen molar-refractivity contribution in [1.82, 2.24) is 9.97 Å². The van der Waals surface area contributed by atoms with E-state index in [4.69, 9.17) is 36.8 Å². The minimum absolute atomic E-state index is 0.000832. The lowest BCUT2D eigenvalue weighted by Gasteiger charge is -2.34. The Morgan fingerprint density at radius 1 is 1.04 bits per heavy atom. The van der Waals surface area contributed by atoms with E-state index in [1.54, 1.807) is 54.6 Å². The second kappa shape index (κ2) is 12.1. The van der Waals surface area contributed by atoms with Crippen LogP contribution in [-0.4, -0.2) is 56.2 Å². The smallest absolute Gasteiger partial charge is 0.410 e. The van der Waals surface area contributed by atoms with Crippen molar-refractivity contribution in [2.45, 2.75) is 35.4 Å². The predicted molar refractivity (Wildman–Crippen MR) is 169 cm³/mol. The summed E-state index contributed by atoms with van der Waals surface area (Å²) in [4.78, 5) is 35.6. The highest BCUT2D eigenvalue weighted by molar-refractivity contribution is 7.92. The number of aromatic nitrogens is 2. The number of anilines is 2. The third-order valence-corrected chi connectivity index (χ3v) is 10.9. The first-order valence-electron chi connectivity index (χ1n) is 14.3. The number of carbonyl (C=O) groups is 2. The van der Waals surface area contributed by atoms with E-state index in [0.717, 1.165) is 0 Å². The number of hydrogen-bond acceptors (Lipinski definition) is 9. The Kier molecular flexibility index (Phi) is 8.21. The lowest BCUT2D eigenvalue weighted by Crippen LogP contribution is -2.44. The normalized spacial score (nSPS) is 17.4. The Morgan fingerprint density at radius 2 is 1.78 bits per heavy atom. The number of nitrogens with zero attached hydrogens (tertiary/aromatic N) is 3. The summed E-state index contributed by atoms with van der Waals surface area (Å²) >= 11 is 6.39. The molecule has 1 saturated carbocycles. The summed E-state index contributed by atoms with van der Waals surface area (Å²) < 4.78 is 37.9. The van der Waals surface area contributed by atoms with Gasteiger partial charge in [-0.3, -0.25) is 10.1 Å². The van der Waals surface area contributed by atoms with Crippen molar-refractivity contribution < 1.29 is 27.5 Å². The molecule has 45 heavy (non-hydrogen) atoms. The van der Waals surface area contributed by atoms with Gasteiger partial charge in [0.25, 0.3) is 0 Å². The van der Waals surface area contributed by atoms with Gasteiger partial charge in [0.2, 0.25) is 5.91 Å². The summed E-state index contributed by atoms with van der Waals surface area (Å²) in [6.07, 6.45) is 0.0353. The first-order chi connectivity index (χ1) is 21.6. The number of sulfone groups is 1. The van der Waals surface area contributed by atoms with E-state index < -0.39 is 26.6 Å². The number of nitrogens with two attached hydrogens (primary N) is 1. The van der Waals surface area contributed by atoms with Crippen molar-refractivity contribution >= 4 is 44.9 Å². The van der Waals surface area contributed by atoms with Gasteiger partial charge in [0.05, 0.1) is 34.9 Å².